The highest BCUT2D eigenvalue weighted by atomic mass is 32.2. The van der Waals surface area contributed by atoms with Crippen molar-refractivity contribution in [1.82, 2.24) is 14.9 Å². The summed E-state index contributed by atoms with van der Waals surface area (Å²) < 4.78 is 24.3. The second kappa shape index (κ2) is 8.96. The van der Waals surface area contributed by atoms with Crippen molar-refractivity contribution in [1.29, 1.82) is 0 Å². The maximum Gasteiger partial charge on any atom is 0.254 e. The first kappa shape index (κ1) is 23.3. The fourth-order valence-corrected chi connectivity index (χ4v) is 6.36. The van der Waals surface area contributed by atoms with E-state index in [-0.39, 0.29) is 11.7 Å². The summed E-state index contributed by atoms with van der Waals surface area (Å²) in [4.78, 5) is 23.5. The third kappa shape index (κ3) is 4.48. The van der Waals surface area contributed by atoms with Gasteiger partial charge in [0.05, 0.1) is 21.7 Å². The monoisotopic (exact) mass is 487 g/mol. The van der Waals surface area contributed by atoms with E-state index in [1.54, 1.807) is 18.2 Å². The molecule has 0 saturated heterocycles. The maximum absolute atomic E-state index is 13.5. The third-order valence-electron chi connectivity index (χ3n) is 6.71. The number of carbonyl (C=O) groups is 1. The lowest BCUT2D eigenvalue weighted by Gasteiger charge is -2.24. The van der Waals surface area contributed by atoms with Crippen LogP contribution in [0.15, 0.2) is 59.5 Å². The number of aromatic amines is 1. The number of hydrogen-bond acceptors (Lipinski definition) is 4. The molecule has 1 amide bonds. The van der Waals surface area contributed by atoms with E-state index < -0.39 is 9.84 Å². The highest BCUT2D eigenvalue weighted by molar-refractivity contribution is 7.91. The standard InChI is InChI=1S/C28H29N3O3S/c1-4-12-31(28(32)23-8-10-27-22(15-23)11-13-35(27,33)34)17-24-14-20(6-5-18(24)2)21-7-9-25-26(16-21)30-19(3)29-25/h5-10,14-16H,4,11-13,17H2,1-3H3,(H,29,30). The summed E-state index contributed by atoms with van der Waals surface area (Å²) >= 11 is 0. The van der Waals surface area contributed by atoms with E-state index in [1.807, 2.05) is 17.9 Å². The van der Waals surface area contributed by atoms with Crippen LogP contribution in [0.4, 0.5) is 0 Å². The fraction of sp³-hybridized carbons (Fsp3) is 0.286. The Hall–Kier alpha value is -3.45. The summed E-state index contributed by atoms with van der Waals surface area (Å²) in [5.74, 6) is 0.937. The van der Waals surface area contributed by atoms with E-state index in [2.05, 4.69) is 54.1 Å². The van der Waals surface area contributed by atoms with Gasteiger partial charge in [-0.2, -0.15) is 0 Å². The molecule has 0 bridgehead atoms. The van der Waals surface area contributed by atoms with Gasteiger partial charge in [0.25, 0.3) is 5.91 Å². The van der Waals surface area contributed by atoms with Gasteiger partial charge in [-0.3, -0.25) is 4.79 Å². The SMILES string of the molecule is CCCN(Cc1cc(-c2ccc3nc(C)[nH]c3c2)ccc1C)C(=O)c1ccc2c(c1)CCS2(=O)=O. The van der Waals surface area contributed by atoms with Gasteiger partial charge in [0, 0.05) is 18.7 Å². The first-order valence-electron chi connectivity index (χ1n) is 12.0. The molecule has 6 nitrogen and oxygen atoms in total. The number of rotatable bonds is 6. The first-order chi connectivity index (χ1) is 16.7. The molecule has 2 heterocycles. The summed E-state index contributed by atoms with van der Waals surface area (Å²) in [6.07, 6.45) is 1.30. The predicted molar refractivity (Wildman–Crippen MR) is 138 cm³/mol. The summed E-state index contributed by atoms with van der Waals surface area (Å²) in [6.45, 7) is 7.18. The van der Waals surface area contributed by atoms with Gasteiger partial charge in [-0.05, 0) is 90.9 Å². The quantitative estimate of drug-likeness (QED) is 0.404. The molecule has 0 saturated carbocycles. The number of hydrogen-bond donors (Lipinski definition) is 1. The molecule has 0 aliphatic carbocycles. The highest BCUT2D eigenvalue weighted by Crippen LogP contribution is 2.29. The largest absolute Gasteiger partial charge is 0.342 e. The van der Waals surface area contributed by atoms with Crippen LogP contribution in [0.5, 0.6) is 0 Å². The Morgan fingerprint density at radius 1 is 1.03 bits per heavy atom. The second-order valence-electron chi connectivity index (χ2n) is 9.31. The summed E-state index contributed by atoms with van der Waals surface area (Å²) in [5.41, 5.74) is 7.64. The Balaban J connectivity index is 1.44. The number of amides is 1. The van der Waals surface area contributed by atoms with E-state index in [4.69, 9.17) is 0 Å². The Bertz CT molecular complexity index is 1550. The van der Waals surface area contributed by atoms with Crippen molar-refractivity contribution in [2.75, 3.05) is 12.3 Å². The maximum atomic E-state index is 13.5. The van der Waals surface area contributed by atoms with Gasteiger partial charge in [0.1, 0.15) is 5.82 Å². The Morgan fingerprint density at radius 3 is 2.60 bits per heavy atom. The van der Waals surface area contributed by atoms with Gasteiger partial charge in [0.15, 0.2) is 9.84 Å². The van der Waals surface area contributed by atoms with Gasteiger partial charge in [-0.25, -0.2) is 13.4 Å². The van der Waals surface area contributed by atoms with Gasteiger partial charge >= 0.3 is 0 Å². The van der Waals surface area contributed by atoms with Gasteiger partial charge in [0.2, 0.25) is 0 Å². The molecular formula is C28H29N3O3S. The number of aromatic nitrogens is 2. The smallest absolute Gasteiger partial charge is 0.254 e. The van der Waals surface area contributed by atoms with Crippen LogP contribution in [-0.4, -0.2) is 41.5 Å². The lowest BCUT2D eigenvalue weighted by Crippen LogP contribution is -2.31. The van der Waals surface area contributed by atoms with Crippen LogP contribution in [0, 0.1) is 13.8 Å². The highest BCUT2D eigenvalue weighted by Gasteiger charge is 2.27. The van der Waals surface area contributed by atoms with Gasteiger partial charge in [-0.1, -0.05) is 25.1 Å². The number of nitrogens with one attached hydrogen (secondary N) is 1. The number of benzene rings is 3. The van der Waals surface area contributed by atoms with Crippen molar-refractivity contribution in [3.05, 3.63) is 82.7 Å². The van der Waals surface area contributed by atoms with Crippen LogP contribution in [-0.2, 0) is 22.8 Å². The van der Waals surface area contributed by atoms with E-state index in [1.165, 1.54) is 0 Å². The molecule has 1 N–H and O–H groups in total. The number of imidazole rings is 1. The molecule has 180 valence electrons. The minimum absolute atomic E-state index is 0.0712. The average Bonchev–Trinajstić information content (AvgIpc) is 3.36. The Kier molecular flexibility index (Phi) is 5.97. The van der Waals surface area contributed by atoms with E-state index in [9.17, 15) is 13.2 Å². The molecular weight excluding hydrogens is 458 g/mol. The third-order valence-corrected chi connectivity index (χ3v) is 8.52. The number of H-pyrrole nitrogens is 1. The molecule has 7 heteroatoms. The minimum Gasteiger partial charge on any atom is -0.342 e. The molecule has 4 aromatic rings. The van der Waals surface area contributed by atoms with Crippen molar-refractivity contribution in [3.63, 3.8) is 0 Å². The fourth-order valence-electron chi connectivity index (χ4n) is 4.81. The second-order valence-corrected chi connectivity index (χ2v) is 11.4. The number of nitrogens with zero attached hydrogens (tertiary/aromatic N) is 2. The van der Waals surface area contributed by atoms with Gasteiger partial charge in [-0.15, -0.1) is 0 Å². The Morgan fingerprint density at radius 2 is 1.80 bits per heavy atom. The van der Waals surface area contributed by atoms with E-state index >= 15 is 0 Å². The topological polar surface area (TPSA) is 83.1 Å². The first-order valence-corrected chi connectivity index (χ1v) is 13.6. The van der Waals surface area contributed by atoms with Crippen molar-refractivity contribution in [2.45, 2.75) is 45.1 Å². The molecule has 1 aromatic heterocycles. The van der Waals surface area contributed by atoms with Crippen molar-refractivity contribution < 1.29 is 13.2 Å². The molecule has 3 aromatic carbocycles. The molecule has 0 spiro atoms. The average molecular weight is 488 g/mol. The van der Waals surface area contributed by atoms with Crippen LogP contribution in [0.3, 0.4) is 0 Å². The number of carbonyl (C=O) groups excluding carboxylic acids is 1. The van der Waals surface area contributed by atoms with E-state index in [0.717, 1.165) is 51.1 Å². The van der Waals surface area contributed by atoms with Crippen LogP contribution in [0.25, 0.3) is 22.2 Å². The number of aryl methyl sites for hydroxylation is 3. The predicted octanol–water partition coefficient (Wildman–Crippen LogP) is 5.23. The molecule has 35 heavy (non-hydrogen) atoms. The van der Waals surface area contributed by atoms with Crippen molar-refractivity contribution >= 4 is 26.8 Å². The molecule has 0 unspecified atom stereocenters. The molecule has 1 aliphatic heterocycles. The lowest BCUT2D eigenvalue weighted by atomic mass is 9.98. The minimum atomic E-state index is -3.21. The Labute approximate surface area is 205 Å². The van der Waals surface area contributed by atoms with Crippen molar-refractivity contribution in [3.8, 4) is 11.1 Å². The summed E-state index contributed by atoms with van der Waals surface area (Å²) in [6, 6.07) is 17.6. The van der Waals surface area contributed by atoms with E-state index in [0.29, 0.717) is 30.0 Å². The molecule has 0 atom stereocenters. The molecule has 0 fully saturated rings. The lowest BCUT2D eigenvalue weighted by molar-refractivity contribution is 0.0742. The zero-order valence-corrected chi connectivity index (χ0v) is 21.1. The van der Waals surface area contributed by atoms with Crippen LogP contribution in [0.1, 0.15) is 46.2 Å². The molecule has 1 aliphatic rings. The van der Waals surface area contributed by atoms with Gasteiger partial charge < -0.3 is 9.88 Å². The zero-order valence-electron chi connectivity index (χ0n) is 20.3. The zero-order chi connectivity index (χ0) is 24.7. The number of fused-ring (bicyclic) bond motifs is 2. The number of sulfone groups is 1. The summed E-state index contributed by atoms with van der Waals surface area (Å²) in [7, 11) is -3.21. The molecule has 5 rings (SSSR count). The normalized spacial score (nSPS) is 14.3. The summed E-state index contributed by atoms with van der Waals surface area (Å²) in [5, 5.41) is 0. The van der Waals surface area contributed by atoms with Crippen LogP contribution >= 0.6 is 0 Å². The van der Waals surface area contributed by atoms with Crippen molar-refractivity contribution in [2.24, 2.45) is 0 Å². The van der Waals surface area contributed by atoms with Crippen LogP contribution < -0.4 is 0 Å². The molecule has 0 radical (unpaired) electrons. The van der Waals surface area contributed by atoms with Crippen LogP contribution in [0.2, 0.25) is 0 Å².